The van der Waals surface area contributed by atoms with Gasteiger partial charge >= 0.3 is 0 Å². The molecule has 0 atom stereocenters. The van der Waals surface area contributed by atoms with E-state index in [1.54, 1.807) is 0 Å². The SMILES string of the molecule is CCCc1ccc(OCC(C)C)cc1. The van der Waals surface area contributed by atoms with Crippen molar-refractivity contribution in [2.45, 2.75) is 33.6 Å². The van der Waals surface area contributed by atoms with Crippen LogP contribution < -0.4 is 4.74 Å². The van der Waals surface area contributed by atoms with E-state index >= 15 is 0 Å². The molecule has 0 saturated carbocycles. The van der Waals surface area contributed by atoms with Gasteiger partial charge in [-0.3, -0.25) is 0 Å². The molecule has 14 heavy (non-hydrogen) atoms. The molecular formula is C13H20O. The van der Waals surface area contributed by atoms with Gasteiger partial charge < -0.3 is 4.74 Å². The number of benzene rings is 1. The summed E-state index contributed by atoms with van der Waals surface area (Å²) in [4.78, 5) is 0. The van der Waals surface area contributed by atoms with Gasteiger partial charge in [-0.25, -0.2) is 0 Å². The number of ether oxygens (including phenoxy) is 1. The Hall–Kier alpha value is -0.980. The van der Waals surface area contributed by atoms with Gasteiger partial charge in [0.05, 0.1) is 6.61 Å². The number of hydrogen-bond donors (Lipinski definition) is 0. The van der Waals surface area contributed by atoms with E-state index in [9.17, 15) is 0 Å². The standard InChI is InChI=1S/C13H20O/c1-4-5-12-6-8-13(9-7-12)14-10-11(2)3/h6-9,11H,4-5,10H2,1-3H3. The van der Waals surface area contributed by atoms with Crippen molar-refractivity contribution in [3.8, 4) is 5.75 Å². The normalized spacial score (nSPS) is 10.6. The summed E-state index contributed by atoms with van der Waals surface area (Å²) in [6, 6.07) is 8.43. The maximum atomic E-state index is 5.60. The molecule has 0 amide bonds. The van der Waals surface area contributed by atoms with E-state index in [2.05, 4.69) is 45.0 Å². The maximum Gasteiger partial charge on any atom is 0.119 e. The predicted molar refractivity (Wildman–Crippen MR) is 60.8 cm³/mol. The van der Waals surface area contributed by atoms with E-state index in [1.807, 2.05) is 0 Å². The fraction of sp³-hybridized carbons (Fsp3) is 0.538. The second-order valence-electron chi connectivity index (χ2n) is 4.10. The minimum absolute atomic E-state index is 0.588. The summed E-state index contributed by atoms with van der Waals surface area (Å²) in [5.74, 6) is 1.57. The van der Waals surface area contributed by atoms with Crippen LogP contribution in [0, 0.1) is 5.92 Å². The van der Waals surface area contributed by atoms with Crippen molar-refractivity contribution < 1.29 is 4.74 Å². The van der Waals surface area contributed by atoms with Crippen LogP contribution >= 0.6 is 0 Å². The first-order chi connectivity index (χ1) is 6.72. The van der Waals surface area contributed by atoms with Crippen molar-refractivity contribution in [1.82, 2.24) is 0 Å². The summed E-state index contributed by atoms with van der Waals surface area (Å²) >= 11 is 0. The topological polar surface area (TPSA) is 9.23 Å². The van der Waals surface area contributed by atoms with Gasteiger partial charge in [0.15, 0.2) is 0 Å². The lowest BCUT2D eigenvalue weighted by molar-refractivity contribution is 0.271. The zero-order valence-electron chi connectivity index (χ0n) is 9.42. The second-order valence-corrected chi connectivity index (χ2v) is 4.10. The molecule has 0 spiro atoms. The van der Waals surface area contributed by atoms with Gasteiger partial charge in [0, 0.05) is 0 Å². The molecule has 0 unspecified atom stereocenters. The third kappa shape index (κ3) is 3.82. The fourth-order valence-electron chi connectivity index (χ4n) is 1.30. The largest absolute Gasteiger partial charge is 0.493 e. The molecular weight excluding hydrogens is 172 g/mol. The van der Waals surface area contributed by atoms with Crippen LogP contribution in [-0.4, -0.2) is 6.61 Å². The number of rotatable bonds is 5. The zero-order chi connectivity index (χ0) is 10.4. The summed E-state index contributed by atoms with van der Waals surface area (Å²) in [6.45, 7) is 7.31. The van der Waals surface area contributed by atoms with Crippen molar-refractivity contribution in [2.24, 2.45) is 5.92 Å². The highest BCUT2D eigenvalue weighted by molar-refractivity contribution is 5.27. The molecule has 0 aromatic heterocycles. The summed E-state index contributed by atoms with van der Waals surface area (Å²) in [5.41, 5.74) is 1.39. The Morgan fingerprint density at radius 3 is 2.29 bits per heavy atom. The molecule has 0 aliphatic carbocycles. The van der Waals surface area contributed by atoms with E-state index in [1.165, 1.54) is 12.0 Å². The van der Waals surface area contributed by atoms with Crippen LogP contribution in [0.15, 0.2) is 24.3 Å². The first-order valence-electron chi connectivity index (χ1n) is 5.44. The first-order valence-corrected chi connectivity index (χ1v) is 5.44. The quantitative estimate of drug-likeness (QED) is 0.691. The van der Waals surface area contributed by atoms with Gasteiger partial charge in [-0.1, -0.05) is 39.3 Å². The Morgan fingerprint density at radius 2 is 1.79 bits per heavy atom. The van der Waals surface area contributed by atoms with Gasteiger partial charge in [-0.2, -0.15) is 0 Å². The van der Waals surface area contributed by atoms with Crippen LogP contribution in [0.3, 0.4) is 0 Å². The molecule has 0 fully saturated rings. The van der Waals surface area contributed by atoms with Crippen molar-refractivity contribution >= 4 is 0 Å². The maximum absolute atomic E-state index is 5.60. The van der Waals surface area contributed by atoms with Gasteiger partial charge in [0.1, 0.15) is 5.75 Å². The Bertz CT molecular complexity index is 248. The van der Waals surface area contributed by atoms with Crippen molar-refractivity contribution in [1.29, 1.82) is 0 Å². The molecule has 1 aromatic carbocycles. The molecule has 1 aromatic rings. The van der Waals surface area contributed by atoms with Crippen molar-refractivity contribution in [3.05, 3.63) is 29.8 Å². The monoisotopic (exact) mass is 192 g/mol. The lowest BCUT2D eigenvalue weighted by Crippen LogP contribution is -2.04. The molecule has 0 heterocycles. The second kappa shape index (κ2) is 5.69. The third-order valence-corrected chi connectivity index (χ3v) is 2.05. The highest BCUT2D eigenvalue weighted by atomic mass is 16.5. The molecule has 1 heteroatoms. The lowest BCUT2D eigenvalue weighted by atomic mass is 10.1. The van der Waals surface area contributed by atoms with Crippen LogP contribution in [0.1, 0.15) is 32.8 Å². The van der Waals surface area contributed by atoms with E-state index in [0.29, 0.717) is 5.92 Å². The Kier molecular flexibility index (Phi) is 4.51. The van der Waals surface area contributed by atoms with Gasteiger partial charge in [-0.05, 0) is 30.0 Å². The van der Waals surface area contributed by atoms with Gasteiger partial charge in [0.25, 0.3) is 0 Å². The summed E-state index contributed by atoms with van der Waals surface area (Å²) in [7, 11) is 0. The number of aryl methyl sites for hydroxylation is 1. The first kappa shape index (κ1) is 11.1. The average Bonchev–Trinajstić information content (AvgIpc) is 2.17. The highest BCUT2D eigenvalue weighted by Crippen LogP contribution is 2.14. The predicted octanol–water partition coefficient (Wildman–Crippen LogP) is 3.67. The third-order valence-electron chi connectivity index (χ3n) is 2.05. The summed E-state index contributed by atoms with van der Waals surface area (Å²) in [5, 5.41) is 0. The lowest BCUT2D eigenvalue weighted by Gasteiger charge is -2.08. The Morgan fingerprint density at radius 1 is 1.14 bits per heavy atom. The van der Waals surface area contributed by atoms with Crippen molar-refractivity contribution in [3.63, 3.8) is 0 Å². The van der Waals surface area contributed by atoms with Crippen LogP contribution in [-0.2, 0) is 6.42 Å². The van der Waals surface area contributed by atoms with E-state index < -0.39 is 0 Å². The Balaban J connectivity index is 2.46. The van der Waals surface area contributed by atoms with Gasteiger partial charge in [-0.15, -0.1) is 0 Å². The molecule has 0 saturated heterocycles. The summed E-state index contributed by atoms with van der Waals surface area (Å²) < 4.78 is 5.60. The molecule has 0 aliphatic rings. The number of hydrogen-bond acceptors (Lipinski definition) is 1. The molecule has 0 radical (unpaired) electrons. The van der Waals surface area contributed by atoms with Gasteiger partial charge in [0.2, 0.25) is 0 Å². The molecule has 0 bridgehead atoms. The van der Waals surface area contributed by atoms with Crippen molar-refractivity contribution in [2.75, 3.05) is 6.61 Å². The van der Waals surface area contributed by atoms with Crippen LogP contribution in [0.2, 0.25) is 0 Å². The van der Waals surface area contributed by atoms with E-state index in [0.717, 1.165) is 18.8 Å². The Labute approximate surface area is 87.1 Å². The van der Waals surface area contributed by atoms with Crippen LogP contribution in [0.5, 0.6) is 5.75 Å². The zero-order valence-corrected chi connectivity index (χ0v) is 9.42. The van der Waals surface area contributed by atoms with E-state index in [-0.39, 0.29) is 0 Å². The van der Waals surface area contributed by atoms with Crippen LogP contribution in [0.4, 0.5) is 0 Å². The minimum Gasteiger partial charge on any atom is -0.493 e. The minimum atomic E-state index is 0.588. The molecule has 78 valence electrons. The molecule has 0 aliphatic heterocycles. The van der Waals surface area contributed by atoms with Crippen LogP contribution in [0.25, 0.3) is 0 Å². The molecule has 1 rings (SSSR count). The molecule has 0 N–H and O–H groups in total. The summed E-state index contributed by atoms with van der Waals surface area (Å²) in [6.07, 6.45) is 2.36. The molecule has 1 nitrogen and oxygen atoms in total. The highest BCUT2D eigenvalue weighted by Gasteiger charge is 1.97. The average molecular weight is 192 g/mol. The van der Waals surface area contributed by atoms with E-state index in [4.69, 9.17) is 4.74 Å². The fourth-order valence-corrected chi connectivity index (χ4v) is 1.30. The smallest absolute Gasteiger partial charge is 0.119 e.